The number of aryl methyl sites for hydroxylation is 1. The van der Waals surface area contributed by atoms with Crippen LogP contribution in [0.1, 0.15) is 45.9 Å². The molecule has 0 radical (unpaired) electrons. The van der Waals surface area contributed by atoms with E-state index >= 15 is 4.39 Å². The van der Waals surface area contributed by atoms with Crippen molar-refractivity contribution in [1.29, 1.82) is 0 Å². The number of hydrogen-bond donors (Lipinski definition) is 1. The molecule has 40 heavy (non-hydrogen) atoms. The Morgan fingerprint density at radius 2 is 1.77 bits per heavy atom. The third kappa shape index (κ3) is 5.98. The number of alkyl halides is 3. The zero-order valence-electron chi connectivity index (χ0n) is 22.0. The Hall–Kier alpha value is -4.28. The van der Waals surface area contributed by atoms with E-state index in [-0.39, 0.29) is 29.9 Å². The van der Waals surface area contributed by atoms with Gasteiger partial charge in [0.2, 0.25) is 0 Å². The average Bonchev–Trinajstić information content (AvgIpc) is 3.26. The molecule has 1 aliphatic heterocycles. The smallest absolute Gasteiger partial charge is 0.497 e. The summed E-state index contributed by atoms with van der Waals surface area (Å²) in [5, 5.41) is 7.23. The highest BCUT2D eigenvalue weighted by atomic mass is 19.4. The van der Waals surface area contributed by atoms with Crippen LogP contribution >= 0.6 is 0 Å². The number of nitrogens with zero attached hydrogens (tertiary/aromatic N) is 3. The Morgan fingerprint density at radius 1 is 1.05 bits per heavy atom. The molecule has 2 aromatic carbocycles. The van der Waals surface area contributed by atoms with Gasteiger partial charge in [-0.2, -0.15) is 5.10 Å². The molecule has 1 amide bonds. The van der Waals surface area contributed by atoms with Gasteiger partial charge in [-0.1, -0.05) is 18.2 Å². The molecular formula is C29H28F4N4O3. The fourth-order valence-corrected chi connectivity index (χ4v) is 5.13. The van der Waals surface area contributed by atoms with Gasteiger partial charge in [0.1, 0.15) is 17.3 Å². The van der Waals surface area contributed by atoms with E-state index < -0.39 is 6.36 Å². The van der Waals surface area contributed by atoms with Gasteiger partial charge in [0.15, 0.2) is 0 Å². The van der Waals surface area contributed by atoms with Crippen LogP contribution < -0.4 is 19.7 Å². The van der Waals surface area contributed by atoms with E-state index in [1.165, 1.54) is 18.2 Å². The summed E-state index contributed by atoms with van der Waals surface area (Å²) in [7, 11) is 1.55. The van der Waals surface area contributed by atoms with Crippen LogP contribution in [0.4, 0.5) is 23.2 Å². The van der Waals surface area contributed by atoms with Crippen molar-refractivity contribution in [3.63, 3.8) is 0 Å². The predicted molar refractivity (Wildman–Crippen MR) is 141 cm³/mol. The molecule has 3 heterocycles. The number of carbonyl (C=O) groups excluding carboxylic acids is 1. The van der Waals surface area contributed by atoms with Crippen molar-refractivity contribution < 1.29 is 31.8 Å². The fourth-order valence-electron chi connectivity index (χ4n) is 5.13. The average molecular weight is 557 g/mol. The second kappa shape index (κ2) is 11.1. The molecule has 7 nitrogen and oxygen atoms in total. The molecule has 5 rings (SSSR count). The molecule has 4 aromatic rings. The number of methoxy groups -OCH3 is 1. The second-order valence-electron chi connectivity index (χ2n) is 9.70. The molecule has 1 saturated heterocycles. The highest BCUT2D eigenvalue weighted by Gasteiger charge is 2.31. The molecule has 0 bridgehead atoms. The van der Waals surface area contributed by atoms with Gasteiger partial charge in [0.05, 0.1) is 29.6 Å². The molecule has 0 unspecified atom stereocenters. The minimum Gasteiger partial charge on any atom is -0.497 e. The van der Waals surface area contributed by atoms with E-state index in [2.05, 4.69) is 15.2 Å². The van der Waals surface area contributed by atoms with Gasteiger partial charge in [0.25, 0.3) is 5.91 Å². The number of halogens is 4. The minimum atomic E-state index is -4.72. The van der Waals surface area contributed by atoms with Gasteiger partial charge in [-0.15, -0.1) is 13.2 Å². The summed E-state index contributed by atoms with van der Waals surface area (Å²) in [4.78, 5) is 14.9. The second-order valence-corrected chi connectivity index (χ2v) is 9.70. The Morgan fingerprint density at radius 3 is 2.42 bits per heavy atom. The van der Waals surface area contributed by atoms with Crippen molar-refractivity contribution in [2.75, 3.05) is 25.1 Å². The van der Waals surface area contributed by atoms with Crippen molar-refractivity contribution in [2.24, 2.45) is 0 Å². The number of carbonyl (C=O) groups is 1. The lowest BCUT2D eigenvalue weighted by Crippen LogP contribution is -2.33. The molecule has 1 fully saturated rings. The number of aromatic nitrogens is 2. The summed E-state index contributed by atoms with van der Waals surface area (Å²) < 4.78 is 63.1. The number of amides is 1. The number of pyridine rings is 1. The Labute approximate surface area is 228 Å². The Bertz CT molecular complexity index is 1510. The van der Waals surface area contributed by atoms with Crippen molar-refractivity contribution in [3.05, 3.63) is 89.0 Å². The van der Waals surface area contributed by atoms with Crippen LogP contribution in [0.25, 0.3) is 5.52 Å². The fraction of sp³-hybridized carbons (Fsp3) is 0.310. The molecule has 1 N–H and O–H groups in total. The maximum Gasteiger partial charge on any atom is 0.573 e. The first kappa shape index (κ1) is 27.3. The molecule has 0 aliphatic carbocycles. The number of fused-ring (bicyclic) bond motifs is 1. The van der Waals surface area contributed by atoms with Gasteiger partial charge in [0, 0.05) is 31.9 Å². The molecule has 1 aliphatic rings. The molecule has 210 valence electrons. The highest BCUT2D eigenvalue weighted by molar-refractivity contribution is 6.02. The van der Waals surface area contributed by atoms with E-state index in [4.69, 9.17) is 4.74 Å². The number of piperidine rings is 1. The monoisotopic (exact) mass is 556 g/mol. The lowest BCUT2D eigenvalue weighted by atomic mass is 9.89. The number of ether oxygens (including phenoxy) is 2. The van der Waals surface area contributed by atoms with Gasteiger partial charge < -0.3 is 19.7 Å². The molecular weight excluding hydrogens is 528 g/mol. The number of nitrogens with one attached hydrogen (secondary N) is 1. The normalized spacial score (nSPS) is 14.4. The summed E-state index contributed by atoms with van der Waals surface area (Å²) in [5.41, 5.74) is 3.65. The molecule has 0 spiro atoms. The van der Waals surface area contributed by atoms with Crippen LogP contribution in [-0.4, -0.2) is 42.1 Å². The van der Waals surface area contributed by atoms with Gasteiger partial charge in [-0.25, -0.2) is 8.91 Å². The van der Waals surface area contributed by atoms with Crippen molar-refractivity contribution in [2.45, 2.75) is 38.6 Å². The number of benzene rings is 2. The van der Waals surface area contributed by atoms with E-state index in [1.54, 1.807) is 61.1 Å². The SMILES string of the molecule is COc1ccn2nc(C)c(C(=O)NCc3ccc(N4CCC(c5ccc(OC(F)(F)F)cc5)CC4)c(F)c3)c2c1. The van der Waals surface area contributed by atoms with Crippen LogP contribution in [0.15, 0.2) is 60.8 Å². The van der Waals surface area contributed by atoms with Crippen molar-refractivity contribution >= 4 is 17.1 Å². The quantitative estimate of drug-likeness (QED) is 0.283. The largest absolute Gasteiger partial charge is 0.573 e. The van der Waals surface area contributed by atoms with Gasteiger partial charge in [-0.05, 0) is 67.1 Å². The first-order valence-corrected chi connectivity index (χ1v) is 12.8. The summed E-state index contributed by atoms with van der Waals surface area (Å²) in [6, 6.07) is 14.4. The number of hydrogen-bond acceptors (Lipinski definition) is 5. The maximum atomic E-state index is 15.1. The lowest BCUT2D eigenvalue weighted by Gasteiger charge is -2.34. The van der Waals surface area contributed by atoms with E-state index in [9.17, 15) is 18.0 Å². The molecule has 2 aromatic heterocycles. The summed E-state index contributed by atoms with van der Waals surface area (Å²) >= 11 is 0. The topological polar surface area (TPSA) is 68.1 Å². The molecule has 0 atom stereocenters. The summed E-state index contributed by atoms with van der Waals surface area (Å²) in [6.07, 6.45) is -1.53. The molecule has 11 heteroatoms. The van der Waals surface area contributed by atoms with E-state index in [1.807, 2.05) is 4.90 Å². The molecule has 0 saturated carbocycles. The predicted octanol–water partition coefficient (Wildman–Crippen LogP) is 6.00. The maximum absolute atomic E-state index is 15.1. The number of rotatable bonds is 7. The van der Waals surface area contributed by atoms with Crippen LogP contribution in [-0.2, 0) is 6.54 Å². The Balaban J connectivity index is 1.18. The first-order chi connectivity index (χ1) is 19.1. The highest BCUT2D eigenvalue weighted by Crippen LogP contribution is 2.33. The first-order valence-electron chi connectivity index (χ1n) is 12.8. The standard InChI is InChI=1S/C29H28F4N4O3/c1-18-27(26-16-23(39-2)11-14-37(26)35-18)28(38)34-17-19-3-8-25(24(30)15-19)36-12-9-21(10-13-36)20-4-6-22(7-5-20)40-29(31,32)33/h3-8,11,14-16,21H,9-10,12-13,17H2,1-2H3,(H,34,38). The zero-order valence-corrected chi connectivity index (χ0v) is 22.0. The van der Waals surface area contributed by atoms with Crippen LogP contribution in [0.3, 0.4) is 0 Å². The van der Waals surface area contributed by atoms with Crippen molar-refractivity contribution in [1.82, 2.24) is 14.9 Å². The minimum absolute atomic E-state index is 0.146. The third-order valence-electron chi connectivity index (χ3n) is 7.13. The van der Waals surface area contributed by atoms with Gasteiger partial charge >= 0.3 is 6.36 Å². The van der Waals surface area contributed by atoms with E-state index in [0.717, 1.165) is 18.4 Å². The zero-order chi connectivity index (χ0) is 28.4. The van der Waals surface area contributed by atoms with E-state index in [0.29, 0.717) is 46.9 Å². The van der Waals surface area contributed by atoms with Crippen molar-refractivity contribution in [3.8, 4) is 11.5 Å². The summed E-state index contributed by atoms with van der Waals surface area (Å²) in [6.45, 7) is 3.11. The van der Waals surface area contributed by atoms with Crippen LogP contribution in [0, 0.1) is 12.7 Å². The van der Waals surface area contributed by atoms with Gasteiger partial charge in [-0.3, -0.25) is 4.79 Å². The van der Waals surface area contributed by atoms with Crippen LogP contribution in [0.5, 0.6) is 11.5 Å². The lowest BCUT2D eigenvalue weighted by molar-refractivity contribution is -0.274. The number of anilines is 1. The summed E-state index contributed by atoms with van der Waals surface area (Å²) in [5.74, 6) is -0.171. The third-order valence-corrected chi connectivity index (χ3v) is 7.13. The van der Waals surface area contributed by atoms with Crippen LogP contribution in [0.2, 0.25) is 0 Å². The Kier molecular flexibility index (Phi) is 7.55.